The SMILES string of the molecule is C=Cc1ccc(N)c(-c2ccc(CCCC)cc2)c1-c1ccc(CCCC)cc1. The second-order valence-corrected chi connectivity index (χ2v) is 7.80. The summed E-state index contributed by atoms with van der Waals surface area (Å²) in [4.78, 5) is 0. The van der Waals surface area contributed by atoms with E-state index in [9.17, 15) is 0 Å². The van der Waals surface area contributed by atoms with Crippen molar-refractivity contribution < 1.29 is 0 Å². The third kappa shape index (κ3) is 4.98. The van der Waals surface area contributed by atoms with E-state index in [0.717, 1.165) is 35.2 Å². The Morgan fingerprint density at radius 1 is 0.690 bits per heavy atom. The molecular formula is C28H33N. The molecule has 3 rings (SSSR count). The van der Waals surface area contributed by atoms with Crippen LogP contribution in [-0.4, -0.2) is 0 Å². The highest BCUT2D eigenvalue weighted by molar-refractivity contribution is 5.95. The lowest BCUT2D eigenvalue weighted by Crippen LogP contribution is -1.97. The number of nitrogens with two attached hydrogens (primary N) is 1. The van der Waals surface area contributed by atoms with Crippen LogP contribution in [0.25, 0.3) is 28.3 Å². The molecule has 3 aromatic carbocycles. The summed E-state index contributed by atoms with van der Waals surface area (Å²) in [6.45, 7) is 8.51. The van der Waals surface area contributed by atoms with Crippen molar-refractivity contribution in [3.05, 3.63) is 83.9 Å². The second kappa shape index (κ2) is 10.1. The number of aryl methyl sites for hydroxylation is 2. The van der Waals surface area contributed by atoms with Gasteiger partial charge < -0.3 is 5.73 Å². The number of benzene rings is 3. The Balaban J connectivity index is 2.05. The van der Waals surface area contributed by atoms with Crippen LogP contribution in [0.5, 0.6) is 0 Å². The van der Waals surface area contributed by atoms with Crippen LogP contribution in [0, 0.1) is 0 Å². The van der Waals surface area contributed by atoms with Crippen molar-refractivity contribution in [2.45, 2.75) is 52.4 Å². The lowest BCUT2D eigenvalue weighted by molar-refractivity contribution is 0.795. The largest absolute Gasteiger partial charge is 0.398 e. The predicted molar refractivity (Wildman–Crippen MR) is 129 cm³/mol. The number of anilines is 1. The van der Waals surface area contributed by atoms with Gasteiger partial charge in [-0.05, 0) is 65.1 Å². The quantitative estimate of drug-likeness (QED) is 0.373. The number of rotatable bonds is 9. The summed E-state index contributed by atoms with van der Waals surface area (Å²) >= 11 is 0. The number of hydrogen-bond acceptors (Lipinski definition) is 1. The molecule has 0 heterocycles. The van der Waals surface area contributed by atoms with Gasteiger partial charge in [0.2, 0.25) is 0 Å². The molecule has 3 aromatic rings. The van der Waals surface area contributed by atoms with E-state index < -0.39 is 0 Å². The summed E-state index contributed by atoms with van der Waals surface area (Å²) in [7, 11) is 0. The Bertz CT molecular complexity index is 933. The molecule has 0 aliphatic rings. The van der Waals surface area contributed by atoms with E-state index in [-0.39, 0.29) is 0 Å². The Kier molecular flexibility index (Phi) is 7.30. The van der Waals surface area contributed by atoms with Crippen molar-refractivity contribution in [1.82, 2.24) is 0 Å². The molecule has 0 amide bonds. The van der Waals surface area contributed by atoms with Gasteiger partial charge in [0.25, 0.3) is 0 Å². The Hall–Kier alpha value is -2.80. The van der Waals surface area contributed by atoms with Crippen LogP contribution in [0.4, 0.5) is 5.69 Å². The van der Waals surface area contributed by atoms with Gasteiger partial charge >= 0.3 is 0 Å². The number of nitrogen functional groups attached to an aromatic ring is 1. The van der Waals surface area contributed by atoms with E-state index in [1.54, 1.807) is 0 Å². The van der Waals surface area contributed by atoms with Crippen LogP contribution in [0.1, 0.15) is 56.2 Å². The van der Waals surface area contributed by atoms with Crippen LogP contribution < -0.4 is 5.73 Å². The van der Waals surface area contributed by atoms with Gasteiger partial charge in [-0.2, -0.15) is 0 Å². The third-order valence-corrected chi connectivity index (χ3v) is 5.61. The zero-order chi connectivity index (χ0) is 20.6. The Labute approximate surface area is 176 Å². The highest BCUT2D eigenvalue weighted by atomic mass is 14.6. The maximum atomic E-state index is 6.49. The summed E-state index contributed by atoms with van der Waals surface area (Å²) < 4.78 is 0. The lowest BCUT2D eigenvalue weighted by Gasteiger charge is -2.17. The Morgan fingerprint density at radius 3 is 1.62 bits per heavy atom. The maximum Gasteiger partial charge on any atom is 0.0400 e. The summed E-state index contributed by atoms with van der Waals surface area (Å²) in [6, 6.07) is 21.9. The van der Waals surface area contributed by atoms with Crippen molar-refractivity contribution >= 4 is 11.8 Å². The predicted octanol–water partition coefficient (Wildman–Crippen LogP) is 7.93. The molecule has 1 heteroatoms. The highest BCUT2D eigenvalue weighted by Gasteiger charge is 2.14. The van der Waals surface area contributed by atoms with Crippen LogP contribution in [0.3, 0.4) is 0 Å². The van der Waals surface area contributed by atoms with Crippen LogP contribution in [0.2, 0.25) is 0 Å². The lowest BCUT2D eigenvalue weighted by atomic mass is 9.88. The molecule has 0 saturated heterocycles. The van der Waals surface area contributed by atoms with Crippen molar-refractivity contribution in [1.29, 1.82) is 0 Å². The third-order valence-electron chi connectivity index (χ3n) is 5.61. The number of unbranched alkanes of at least 4 members (excludes halogenated alkanes) is 2. The fraction of sp³-hybridized carbons (Fsp3) is 0.286. The molecule has 0 radical (unpaired) electrons. The van der Waals surface area contributed by atoms with Gasteiger partial charge in [0.15, 0.2) is 0 Å². The molecule has 0 aromatic heterocycles. The van der Waals surface area contributed by atoms with E-state index in [0.29, 0.717) is 0 Å². The summed E-state index contributed by atoms with van der Waals surface area (Å²) in [5, 5.41) is 0. The molecule has 1 nitrogen and oxygen atoms in total. The molecule has 150 valence electrons. The first-order valence-electron chi connectivity index (χ1n) is 10.9. The molecule has 29 heavy (non-hydrogen) atoms. The minimum Gasteiger partial charge on any atom is -0.398 e. The van der Waals surface area contributed by atoms with Gasteiger partial charge in [-0.1, -0.05) is 93.9 Å². The first-order valence-corrected chi connectivity index (χ1v) is 10.9. The van der Waals surface area contributed by atoms with Gasteiger partial charge in [-0.3, -0.25) is 0 Å². The van der Waals surface area contributed by atoms with E-state index in [1.165, 1.54) is 47.9 Å². The van der Waals surface area contributed by atoms with Crippen LogP contribution in [0.15, 0.2) is 67.2 Å². The average Bonchev–Trinajstić information content (AvgIpc) is 2.77. The fourth-order valence-corrected chi connectivity index (χ4v) is 3.86. The molecule has 2 N–H and O–H groups in total. The van der Waals surface area contributed by atoms with Crippen molar-refractivity contribution in [3.63, 3.8) is 0 Å². The minimum absolute atomic E-state index is 0.807. The van der Waals surface area contributed by atoms with Gasteiger partial charge in [-0.15, -0.1) is 0 Å². The Morgan fingerprint density at radius 2 is 1.17 bits per heavy atom. The zero-order valence-corrected chi connectivity index (χ0v) is 17.9. The molecule has 0 unspecified atom stereocenters. The van der Waals surface area contributed by atoms with Gasteiger partial charge in [0.1, 0.15) is 0 Å². The first kappa shape index (κ1) is 20.9. The topological polar surface area (TPSA) is 26.0 Å². The second-order valence-electron chi connectivity index (χ2n) is 7.80. The minimum atomic E-state index is 0.807. The molecule has 0 aliphatic heterocycles. The van der Waals surface area contributed by atoms with Crippen LogP contribution in [-0.2, 0) is 12.8 Å². The molecule has 0 saturated carbocycles. The fourth-order valence-electron chi connectivity index (χ4n) is 3.86. The zero-order valence-electron chi connectivity index (χ0n) is 17.9. The summed E-state index contributed by atoms with van der Waals surface area (Å²) in [5.41, 5.74) is 15.8. The van der Waals surface area contributed by atoms with E-state index in [1.807, 2.05) is 12.1 Å². The van der Waals surface area contributed by atoms with Crippen LogP contribution >= 0.6 is 0 Å². The standard InChI is InChI=1S/C28H33N/c1-4-7-9-21-11-15-24(16-12-21)27-23(6-3)19-20-26(29)28(27)25-17-13-22(14-18-25)10-8-5-2/h6,11-20H,3-5,7-10,29H2,1-2H3. The van der Waals surface area contributed by atoms with E-state index >= 15 is 0 Å². The summed E-state index contributed by atoms with van der Waals surface area (Å²) in [5.74, 6) is 0. The summed E-state index contributed by atoms with van der Waals surface area (Å²) in [6.07, 6.45) is 9.08. The monoisotopic (exact) mass is 383 g/mol. The maximum absolute atomic E-state index is 6.49. The van der Waals surface area contributed by atoms with Crippen molar-refractivity contribution in [2.24, 2.45) is 0 Å². The molecular weight excluding hydrogens is 350 g/mol. The normalized spacial score (nSPS) is 10.8. The first-order chi connectivity index (χ1) is 14.2. The smallest absolute Gasteiger partial charge is 0.0400 e. The van der Waals surface area contributed by atoms with Gasteiger partial charge in [-0.25, -0.2) is 0 Å². The van der Waals surface area contributed by atoms with E-state index in [2.05, 4.69) is 75.0 Å². The van der Waals surface area contributed by atoms with E-state index in [4.69, 9.17) is 5.73 Å². The van der Waals surface area contributed by atoms with Crippen molar-refractivity contribution in [3.8, 4) is 22.3 Å². The highest BCUT2D eigenvalue weighted by Crippen LogP contribution is 2.40. The molecule has 0 aliphatic carbocycles. The molecule has 0 spiro atoms. The van der Waals surface area contributed by atoms with Gasteiger partial charge in [0.05, 0.1) is 0 Å². The average molecular weight is 384 g/mol. The molecule has 0 atom stereocenters. The van der Waals surface area contributed by atoms with Gasteiger partial charge in [0, 0.05) is 11.3 Å². The molecule has 0 bridgehead atoms. The number of hydrogen-bond donors (Lipinski definition) is 1. The molecule has 0 fully saturated rings. The van der Waals surface area contributed by atoms with Crippen molar-refractivity contribution in [2.75, 3.05) is 5.73 Å².